The highest BCUT2D eigenvalue weighted by Crippen LogP contribution is 2.20. The summed E-state index contributed by atoms with van der Waals surface area (Å²) < 4.78 is 0. The van der Waals surface area contributed by atoms with Crippen LogP contribution in [0.1, 0.15) is 33.3 Å². The van der Waals surface area contributed by atoms with E-state index in [1.165, 1.54) is 0 Å². The van der Waals surface area contributed by atoms with Crippen LogP contribution in [0.5, 0.6) is 0 Å². The predicted molar refractivity (Wildman–Crippen MR) is 82.3 cm³/mol. The topological polar surface area (TPSA) is 46.3 Å². The van der Waals surface area contributed by atoms with E-state index in [0.717, 1.165) is 12.1 Å². The Morgan fingerprint density at radius 1 is 1.32 bits per heavy atom. The molecule has 0 saturated carbocycles. The monoisotopic (exact) mass is 284 g/mol. The highest BCUT2D eigenvalue weighted by atomic mass is 35.5. The molecule has 19 heavy (non-hydrogen) atoms. The van der Waals surface area contributed by atoms with Crippen molar-refractivity contribution in [1.29, 1.82) is 0 Å². The van der Waals surface area contributed by atoms with Crippen molar-refractivity contribution in [3.05, 3.63) is 35.9 Å². The molecular weight excluding hydrogens is 260 g/mol. The molecule has 2 N–H and O–H groups in total. The van der Waals surface area contributed by atoms with Gasteiger partial charge in [-0.05, 0) is 25.3 Å². The first kappa shape index (κ1) is 17.9. The maximum absolute atomic E-state index is 12.5. The number of benzene rings is 1. The van der Waals surface area contributed by atoms with Gasteiger partial charge in [-0.15, -0.1) is 12.4 Å². The standard InChI is InChI=1S/C15H24N2O.ClH/c1-5-17(11-12(2)3)14(18)15(4,16)13-9-7-6-8-10-13;/h6-10,12H,5,11,16H2,1-4H3;1H. The second-order valence-electron chi connectivity index (χ2n) is 5.31. The van der Waals surface area contributed by atoms with Crippen molar-refractivity contribution >= 4 is 18.3 Å². The molecule has 108 valence electrons. The van der Waals surface area contributed by atoms with Crippen molar-refractivity contribution < 1.29 is 4.79 Å². The maximum Gasteiger partial charge on any atom is 0.246 e. The molecule has 1 aromatic rings. The van der Waals surface area contributed by atoms with Crippen LogP contribution in [0.3, 0.4) is 0 Å². The van der Waals surface area contributed by atoms with Gasteiger partial charge in [0.25, 0.3) is 0 Å². The van der Waals surface area contributed by atoms with Crippen LogP contribution in [0, 0.1) is 5.92 Å². The number of likely N-dealkylation sites (N-methyl/N-ethyl adjacent to an activating group) is 1. The highest BCUT2D eigenvalue weighted by Gasteiger charge is 2.33. The molecule has 0 spiro atoms. The van der Waals surface area contributed by atoms with Crippen molar-refractivity contribution in [2.45, 2.75) is 33.2 Å². The van der Waals surface area contributed by atoms with Crippen LogP contribution in [-0.2, 0) is 10.3 Å². The zero-order chi connectivity index (χ0) is 13.8. The summed E-state index contributed by atoms with van der Waals surface area (Å²) in [5.74, 6) is 0.436. The summed E-state index contributed by atoms with van der Waals surface area (Å²) in [4.78, 5) is 14.4. The lowest BCUT2D eigenvalue weighted by atomic mass is 9.91. The Morgan fingerprint density at radius 2 is 1.84 bits per heavy atom. The third-order valence-electron chi connectivity index (χ3n) is 3.07. The Kier molecular flexibility index (Phi) is 7.09. The molecule has 1 unspecified atom stereocenters. The van der Waals surface area contributed by atoms with Gasteiger partial charge in [-0.1, -0.05) is 44.2 Å². The lowest BCUT2D eigenvalue weighted by Crippen LogP contribution is -2.51. The first-order valence-corrected chi connectivity index (χ1v) is 6.53. The maximum atomic E-state index is 12.5. The molecule has 0 aromatic heterocycles. The second kappa shape index (κ2) is 7.51. The first-order valence-electron chi connectivity index (χ1n) is 6.53. The summed E-state index contributed by atoms with van der Waals surface area (Å²) in [6.45, 7) is 9.42. The van der Waals surface area contributed by atoms with Gasteiger partial charge in [0.15, 0.2) is 0 Å². The fraction of sp³-hybridized carbons (Fsp3) is 0.533. The van der Waals surface area contributed by atoms with Crippen LogP contribution < -0.4 is 5.73 Å². The SMILES string of the molecule is CCN(CC(C)C)C(=O)C(C)(N)c1ccccc1.Cl. The third-order valence-corrected chi connectivity index (χ3v) is 3.07. The van der Waals surface area contributed by atoms with E-state index in [9.17, 15) is 4.79 Å². The number of carbonyl (C=O) groups excluding carboxylic acids is 1. The van der Waals surface area contributed by atoms with E-state index in [0.29, 0.717) is 12.5 Å². The van der Waals surface area contributed by atoms with Gasteiger partial charge in [0, 0.05) is 13.1 Å². The molecule has 1 aromatic carbocycles. The van der Waals surface area contributed by atoms with Crippen molar-refractivity contribution in [2.24, 2.45) is 11.7 Å². The molecule has 0 aliphatic rings. The Bertz CT molecular complexity index is 390. The molecule has 0 saturated heterocycles. The molecule has 0 fully saturated rings. The molecule has 0 bridgehead atoms. The van der Waals surface area contributed by atoms with Crippen molar-refractivity contribution in [2.75, 3.05) is 13.1 Å². The van der Waals surface area contributed by atoms with Crippen LogP contribution in [0.25, 0.3) is 0 Å². The van der Waals surface area contributed by atoms with E-state index in [1.807, 2.05) is 42.2 Å². The molecule has 0 aliphatic carbocycles. The number of hydrogen-bond donors (Lipinski definition) is 1. The van der Waals surface area contributed by atoms with Crippen LogP contribution in [0.2, 0.25) is 0 Å². The van der Waals surface area contributed by atoms with Gasteiger partial charge in [0.2, 0.25) is 5.91 Å². The minimum Gasteiger partial charge on any atom is -0.341 e. The van der Waals surface area contributed by atoms with E-state index in [2.05, 4.69) is 13.8 Å². The minimum absolute atomic E-state index is 0. The van der Waals surface area contributed by atoms with E-state index < -0.39 is 5.54 Å². The lowest BCUT2D eigenvalue weighted by Gasteiger charge is -2.32. The molecule has 4 heteroatoms. The molecule has 1 rings (SSSR count). The summed E-state index contributed by atoms with van der Waals surface area (Å²) in [6.07, 6.45) is 0. The summed E-state index contributed by atoms with van der Waals surface area (Å²) in [5, 5.41) is 0. The van der Waals surface area contributed by atoms with E-state index in [1.54, 1.807) is 6.92 Å². The molecule has 0 heterocycles. The normalized spacial score (nSPS) is 13.6. The molecule has 1 atom stereocenters. The summed E-state index contributed by atoms with van der Waals surface area (Å²) in [5.41, 5.74) is 6.15. The lowest BCUT2D eigenvalue weighted by molar-refractivity contribution is -0.137. The van der Waals surface area contributed by atoms with E-state index >= 15 is 0 Å². The van der Waals surface area contributed by atoms with E-state index in [-0.39, 0.29) is 18.3 Å². The van der Waals surface area contributed by atoms with E-state index in [4.69, 9.17) is 5.73 Å². The Hall–Kier alpha value is -1.06. The Morgan fingerprint density at radius 3 is 2.26 bits per heavy atom. The predicted octanol–water partition coefficient (Wildman–Crippen LogP) is 2.79. The third kappa shape index (κ3) is 4.51. The van der Waals surface area contributed by atoms with Crippen molar-refractivity contribution in [3.8, 4) is 0 Å². The van der Waals surface area contributed by atoms with Gasteiger partial charge < -0.3 is 10.6 Å². The summed E-state index contributed by atoms with van der Waals surface area (Å²) in [6, 6.07) is 9.55. The van der Waals surface area contributed by atoms with Crippen molar-refractivity contribution in [1.82, 2.24) is 4.90 Å². The smallest absolute Gasteiger partial charge is 0.246 e. The fourth-order valence-corrected chi connectivity index (χ4v) is 2.03. The van der Waals surface area contributed by atoms with Gasteiger partial charge >= 0.3 is 0 Å². The van der Waals surface area contributed by atoms with Gasteiger partial charge in [-0.3, -0.25) is 4.79 Å². The molecule has 1 amide bonds. The van der Waals surface area contributed by atoms with Gasteiger partial charge in [-0.2, -0.15) is 0 Å². The number of nitrogens with zero attached hydrogens (tertiary/aromatic N) is 1. The minimum atomic E-state index is -0.952. The average molecular weight is 285 g/mol. The molecule has 3 nitrogen and oxygen atoms in total. The quantitative estimate of drug-likeness (QED) is 0.904. The van der Waals surface area contributed by atoms with Gasteiger partial charge in [0.05, 0.1) is 0 Å². The highest BCUT2D eigenvalue weighted by molar-refractivity contribution is 5.87. The number of hydrogen-bond acceptors (Lipinski definition) is 2. The summed E-state index contributed by atoms with van der Waals surface area (Å²) >= 11 is 0. The number of carbonyl (C=O) groups is 1. The van der Waals surface area contributed by atoms with Crippen molar-refractivity contribution in [3.63, 3.8) is 0 Å². The Balaban J connectivity index is 0.00000324. The van der Waals surface area contributed by atoms with Crippen LogP contribution in [0.15, 0.2) is 30.3 Å². The zero-order valence-corrected chi connectivity index (χ0v) is 13.0. The van der Waals surface area contributed by atoms with Gasteiger partial charge in [0.1, 0.15) is 5.54 Å². The zero-order valence-electron chi connectivity index (χ0n) is 12.2. The first-order chi connectivity index (χ1) is 8.39. The Labute approximate surface area is 122 Å². The fourth-order valence-electron chi connectivity index (χ4n) is 2.03. The van der Waals surface area contributed by atoms with Crippen LogP contribution >= 0.6 is 12.4 Å². The average Bonchev–Trinajstić information content (AvgIpc) is 2.36. The van der Waals surface area contributed by atoms with Crippen LogP contribution in [0.4, 0.5) is 0 Å². The number of amides is 1. The van der Waals surface area contributed by atoms with Gasteiger partial charge in [-0.25, -0.2) is 0 Å². The number of halogens is 1. The molecule has 0 radical (unpaired) electrons. The van der Waals surface area contributed by atoms with Crippen LogP contribution in [-0.4, -0.2) is 23.9 Å². The number of rotatable bonds is 5. The largest absolute Gasteiger partial charge is 0.341 e. The second-order valence-corrected chi connectivity index (χ2v) is 5.31. The number of nitrogens with two attached hydrogens (primary N) is 1. The molecular formula is C15H25ClN2O. The summed E-state index contributed by atoms with van der Waals surface area (Å²) in [7, 11) is 0. The molecule has 0 aliphatic heterocycles.